The normalized spacial score (nSPS) is 30.9. The predicted molar refractivity (Wildman–Crippen MR) is 212 cm³/mol. The molecule has 0 radical (unpaired) electrons. The summed E-state index contributed by atoms with van der Waals surface area (Å²) in [5.74, 6) is -1.22. The van der Waals surface area contributed by atoms with Gasteiger partial charge >= 0.3 is 0 Å². The Morgan fingerprint density at radius 1 is 1.02 bits per heavy atom. The zero-order valence-corrected chi connectivity index (χ0v) is 33.4. The number of carbonyl (C=O) groups excluding carboxylic acids is 3. The van der Waals surface area contributed by atoms with Crippen LogP contribution in [-0.2, 0) is 42.4 Å². The Kier molecular flexibility index (Phi) is 11.2. The number of anilines is 2. The first kappa shape index (κ1) is 40.7. The van der Waals surface area contributed by atoms with Crippen LogP contribution in [0.15, 0.2) is 79.4 Å². The largest absolute Gasteiger partial charge is 0.497 e. The molecule has 3 amide bonds. The summed E-state index contributed by atoms with van der Waals surface area (Å²) in [5, 5.41) is 54.9. The van der Waals surface area contributed by atoms with E-state index in [1.807, 2.05) is 55.5 Å². The molecule has 3 aromatic carbocycles. The Morgan fingerprint density at radius 3 is 2.39 bits per heavy atom. The highest BCUT2D eigenvalue weighted by atomic mass is 28.3. The molecule has 0 saturated carbocycles. The molecule has 0 unspecified atom stereocenters. The van der Waals surface area contributed by atoms with E-state index in [-0.39, 0.29) is 42.6 Å². The Bertz CT molecular complexity index is 2030. The summed E-state index contributed by atoms with van der Waals surface area (Å²) in [6, 6.07) is 20.2. The summed E-state index contributed by atoms with van der Waals surface area (Å²) in [6.07, 6.45) is -7.78. The lowest BCUT2D eigenvalue weighted by molar-refractivity contribution is -0.274. The van der Waals surface area contributed by atoms with Gasteiger partial charge in [0.1, 0.15) is 24.1 Å². The second kappa shape index (κ2) is 15.7. The molecule has 3 aromatic rings. The lowest BCUT2D eigenvalue weighted by Gasteiger charge is -2.39. The number of amides is 3. The fraction of sp³-hybridized carbons (Fsp3) is 0.452. The number of rotatable bonds is 10. The van der Waals surface area contributed by atoms with Crippen molar-refractivity contribution in [2.75, 3.05) is 30.5 Å². The van der Waals surface area contributed by atoms with Crippen LogP contribution in [0, 0.1) is 5.92 Å². The highest BCUT2D eigenvalue weighted by Crippen LogP contribution is 2.60. The van der Waals surface area contributed by atoms with Crippen LogP contribution < -0.4 is 20.1 Å². The monoisotopic (exact) mass is 801 g/mol. The molecule has 4 aliphatic heterocycles. The van der Waals surface area contributed by atoms with Gasteiger partial charge in [-0.1, -0.05) is 67.7 Å². The molecule has 57 heavy (non-hydrogen) atoms. The van der Waals surface area contributed by atoms with Crippen LogP contribution in [0.25, 0.3) is 0 Å². The average molecular weight is 802 g/mol. The van der Waals surface area contributed by atoms with E-state index in [2.05, 4.69) is 25.0 Å². The maximum atomic E-state index is 15.0. The number of carbonyl (C=O) groups is 3. The zero-order valence-electron chi connectivity index (χ0n) is 32.4. The molecule has 1 spiro atoms. The van der Waals surface area contributed by atoms with Crippen LogP contribution in [0.4, 0.5) is 11.4 Å². The molecule has 6 N–H and O–H groups in total. The maximum Gasteiger partial charge on any atom is 0.264 e. The van der Waals surface area contributed by atoms with E-state index in [0.717, 1.165) is 16.3 Å². The van der Waals surface area contributed by atoms with Crippen molar-refractivity contribution in [3.8, 4) is 5.75 Å². The number of ether oxygens (including phenoxy) is 3. The molecule has 7 rings (SSSR count). The number of fused-ring (bicyclic) bond motifs is 3. The van der Waals surface area contributed by atoms with E-state index in [9.17, 15) is 39.9 Å². The molecule has 14 nitrogen and oxygen atoms in total. The van der Waals surface area contributed by atoms with E-state index < -0.39 is 68.4 Å². The Labute approximate surface area is 332 Å². The topological polar surface area (TPSA) is 199 Å². The third kappa shape index (κ3) is 6.89. The molecule has 4 heterocycles. The summed E-state index contributed by atoms with van der Waals surface area (Å²) in [6.45, 7) is 10.6. The molecule has 0 aromatic heterocycles. The maximum absolute atomic E-state index is 15.0. The predicted octanol–water partition coefficient (Wildman–Crippen LogP) is 1.52. The quantitative estimate of drug-likeness (QED) is 0.128. The number of nitrogens with zero attached hydrogens (tertiary/aromatic N) is 2. The molecule has 15 heteroatoms. The summed E-state index contributed by atoms with van der Waals surface area (Å²) < 4.78 is 17.8. The van der Waals surface area contributed by atoms with E-state index in [0.29, 0.717) is 30.0 Å². The minimum absolute atomic E-state index is 0.0457. The van der Waals surface area contributed by atoms with Gasteiger partial charge < -0.3 is 54.9 Å². The Balaban J connectivity index is 1.28. The van der Waals surface area contributed by atoms with Gasteiger partial charge in [-0.2, -0.15) is 0 Å². The van der Waals surface area contributed by atoms with Gasteiger partial charge in [0.15, 0.2) is 18.0 Å². The van der Waals surface area contributed by atoms with Crippen molar-refractivity contribution in [2.24, 2.45) is 5.92 Å². The minimum atomic E-state index is -2.65. The average Bonchev–Trinajstić information content (AvgIpc) is 3.63. The number of hydrogen-bond donors (Lipinski definition) is 6. The Morgan fingerprint density at radius 2 is 1.72 bits per heavy atom. The van der Waals surface area contributed by atoms with Crippen molar-refractivity contribution in [1.82, 2.24) is 4.90 Å². The molecule has 0 aliphatic carbocycles. The van der Waals surface area contributed by atoms with Gasteiger partial charge in [0.05, 0.1) is 46.0 Å². The Hall–Kier alpha value is -4.45. The van der Waals surface area contributed by atoms with Gasteiger partial charge in [-0.05, 0) is 53.4 Å². The SMILES string of the molecule is C=CCN1C(=O)[C@@]2(O[C@@H](CC(=O)N3Cc4ccccc4C[C@H]3CO)[C@H]([Si](C)(C)c3ccc(OC)cc3)[C@H]2C)c2cc(NC(=O)[C@H]3O[C@@H](O)[C@H](O)[C@@H](O)[C@@H]3O)ccc21. The number of nitrogens with one attached hydrogen (secondary N) is 1. The fourth-order valence-corrected chi connectivity index (χ4v) is 13.5. The van der Waals surface area contributed by atoms with E-state index >= 15 is 0 Å². The summed E-state index contributed by atoms with van der Waals surface area (Å²) in [5.41, 5.74) is 1.44. The molecule has 4 aliphatic rings. The van der Waals surface area contributed by atoms with Crippen LogP contribution in [0.3, 0.4) is 0 Å². The van der Waals surface area contributed by atoms with Crippen molar-refractivity contribution in [2.45, 2.75) is 93.4 Å². The molecule has 2 fully saturated rings. The van der Waals surface area contributed by atoms with Gasteiger partial charge in [-0.15, -0.1) is 6.58 Å². The minimum Gasteiger partial charge on any atom is -0.497 e. The number of methoxy groups -OCH3 is 1. The number of hydrogen-bond acceptors (Lipinski definition) is 11. The molecular formula is C42H51N3O11Si. The van der Waals surface area contributed by atoms with Crippen LogP contribution in [0.1, 0.15) is 30.0 Å². The highest BCUT2D eigenvalue weighted by molar-refractivity contribution is 6.91. The number of aliphatic hydroxyl groups is 5. The van der Waals surface area contributed by atoms with Crippen molar-refractivity contribution >= 4 is 42.4 Å². The van der Waals surface area contributed by atoms with Crippen LogP contribution in [0.5, 0.6) is 5.75 Å². The first-order valence-corrected chi connectivity index (χ1v) is 22.3. The van der Waals surface area contributed by atoms with E-state index in [1.165, 1.54) is 0 Å². The van der Waals surface area contributed by atoms with Crippen molar-refractivity contribution < 1.29 is 54.1 Å². The van der Waals surface area contributed by atoms with E-state index in [4.69, 9.17) is 14.2 Å². The second-order valence-corrected chi connectivity index (χ2v) is 20.7. The van der Waals surface area contributed by atoms with Crippen LogP contribution >= 0.6 is 0 Å². The molecule has 0 bridgehead atoms. The van der Waals surface area contributed by atoms with Crippen molar-refractivity contribution in [3.63, 3.8) is 0 Å². The van der Waals surface area contributed by atoms with Gasteiger partial charge in [0.2, 0.25) is 5.91 Å². The van der Waals surface area contributed by atoms with Gasteiger partial charge in [-0.25, -0.2) is 0 Å². The van der Waals surface area contributed by atoms with Crippen LogP contribution in [-0.4, -0.2) is 119 Å². The van der Waals surface area contributed by atoms with Gasteiger partial charge in [-0.3, -0.25) is 14.4 Å². The molecular weight excluding hydrogens is 751 g/mol. The van der Waals surface area contributed by atoms with Gasteiger partial charge in [0.25, 0.3) is 11.8 Å². The highest BCUT2D eigenvalue weighted by Gasteiger charge is 2.66. The van der Waals surface area contributed by atoms with Crippen LogP contribution in [0.2, 0.25) is 18.6 Å². The smallest absolute Gasteiger partial charge is 0.264 e. The summed E-state index contributed by atoms with van der Waals surface area (Å²) in [4.78, 5) is 46.3. The molecule has 2 saturated heterocycles. The first-order valence-electron chi connectivity index (χ1n) is 19.2. The third-order valence-corrected chi connectivity index (χ3v) is 16.9. The zero-order chi connectivity index (χ0) is 41.0. The first-order chi connectivity index (χ1) is 27.2. The lowest BCUT2D eigenvalue weighted by atomic mass is 9.82. The summed E-state index contributed by atoms with van der Waals surface area (Å²) >= 11 is 0. The van der Waals surface area contributed by atoms with Crippen molar-refractivity contribution in [1.29, 1.82) is 0 Å². The number of aliphatic hydroxyl groups excluding tert-OH is 5. The molecule has 304 valence electrons. The third-order valence-electron chi connectivity index (χ3n) is 12.5. The summed E-state index contributed by atoms with van der Waals surface area (Å²) in [7, 11) is -1.05. The van der Waals surface area contributed by atoms with E-state index in [1.54, 1.807) is 41.2 Å². The number of benzene rings is 3. The fourth-order valence-electron chi connectivity index (χ4n) is 9.52. The van der Waals surface area contributed by atoms with Crippen molar-refractivity contribution in [3.05, 3.63) is 96.1 Å². The molecule has 10 atom stereocenters. The second-order valence-electron chi connectivity index (χ2n) is 16.0. The lowest BCUT2D eigenvalue weighted by Crippen LogP contribution is -2.60. The van der Waals surface area contributed by atoms with Gasteiger partial charge in [0, 0.05) is 30.3 Å². The standard InChI is InChI=1S/C42H51N3O11Si/c1-6-17-44-31-16-11-26(43-39(51)37-35(49)34(48)36(50)40(52)55-37)19-30(31)42(41(44)53)23(2)38(57(4,5)29-14-12-28(54-3)13-15-29)32(56-42)20-33(47)45-21-25-10-8-7-9-24(25)18-27(45)22-46/h6-16,19,23,27,32,34-38,40,46,48-50,52H,1,17-18,20-22H2,2-5H3,(H,43,51)/t23-,27+,32+,34+,35+,36-,37+,38-,40-,42+/m1/s1.